The van der Waals surface area contributed by atoms with Crippen molar-refractivity contribution in [3.05, 3.63) is 34.9 Å². The largest absolute Gasteiger partial charge is 0.389 e. The minimum absolute atomic E-state index is 0.0337. The standard InChI is InChI=1S/C20H28ClNO2/c21-16-9-7-8-15(14-16)18(20(24)12-5-2-6-13-20)19(23)22-17-10-3-1-4-11-17/h7-9,14,17-18,24H,1-6,10-13H2,(H,22,23). The zero-order chi connectivity index (χ0) is 17.0. The lowest BCUT2D eigenvalue weighted by atomic mass is 9.72. The van der Waals surface area contributed by atoms with Crippen LogP contribution in [0, 0.1) is 0 Å². The van der Waals surface area contributed by atoms with E-state index in [0.717, 1.165) is 37.7 Å². The number of aliphatic hydroxyl groups is 1. The molecule has 1 aromatic rings. The molecule has 0 saturated heterocycles. The number of halogens is 1. The average Bonchev–Trinajstić information content (AvgIpc) is 2.56. The van der Waals surface area contributed by atoms with Crippen molar-refractivity contribution in [3.8, 4) is 0 Å². The van der Waals surface area contributed by atoms with E-state index in [-0.39, 0.29) is 11.9 Å². The summed E-state index contributed by atoms with van der Waals surface area (Å²) in [5.41, 5.74) is -0.123. The van der Waals surface area contributed by atoms with Gasteiger partial charge in [0.2, 0.25) is 5.91 Å². The van der Waals surface area contributed by atoms with E-state index in [1.165, 1.54) is 19.3 Å². The van der Waals surface area contributed by atoms with Crippen LogP contribution < -0.4 is 5.32 Å². The Labute approximate surface area is 149 Å². The fourth-order valence-electron chi connectivity index (χ4n) is 4.38. The van der Waals surface area contributed by atoms with E-state index in [1.807, 2.05) is 24.3 Å². The Balaban J connectivity index is 1.84. The quantitative estimate of drug-likeness (QED) is 0.836. The topological polar surface area (TPSA) is 49.3 Å². The van der Waals surface area contributed by atoms with Gasteiger partial charge in [-0.25, -0.2) is 0 Å². The summed E-state index contributed by atoms with van der Waals surface area (Å²) in [6, 6.07) is 7.68. The first kappa shape index (κ1) is 17.8. The number of rotatable bonds is 4. The molecule has 1 amide bonds. The maximum absolute atomic E-state index is 13.1. The molecule has 2 aliphatic rings. The number of nitrogens with one attached hydrogen (secondary N) is 1. The molecule has 1 atom stereocenters. The highest BCUT2D eigenvalue weighted by atomic mass is 35.5. The van der Waals surface area contributed by atoms with Crippen molar-refractivity contribution in [3.63, 3.8) is 0 Å². The van der Waals surface area contributed by atoms with Crippen LogP contribution in [0.5, 0.6) is 0 Å². The lowest BCUT2D eigenvalue weighted by Gasteiger charge is -2.39. The molecular formula is C20H28ClNO2. The van der Waals surface area contributed by atoms with Crippen molar-refractivity contribution >= 4 is 17.5 Å². The Morgan fingerprint density at radius 1 is 1.12 bits per heavy atom. The van der Waals surface area contributed by atoms with Crippen LogP contribution in [0.1, 0.15) is 75.7 Å². The molecular weight excluding hydrogens is 322 g/mol. The Kier molecular flexibility index (Phi) is 5.83. The first-order valence-electron chi connectivity index (χ1n) is 9.37. The molecule has 0 heterocycles. The third kappa shape index (κ3) is 4.12. The minimum atomic E-state index is -0.957. The summed E-state index contributed by atoms with van der Waals surface area (Å²) < 4.78 is 0. The summed E-state index contributed by atoms with van der Waals surface area (Å²) in [6.07, 6.45) is 10.2. The van der Waals surface area contributed by atoms with Gasteiger partial charge in [-0.1, -0.05) is 62.3 Å². The second kappa shape index (κ2) is 7.88. The van der Waals surface area contributed by atoms with Gasteiger partial charge in [-0.05, 0) is 43.4 Å². The molecule has 0 aromatic heterocycles. The van der Waals surface area contributed by atoms with E-state index < -0.39 is 11.5 Å². The van der Waals surface area contributed by atoms with E-state index >= 15 is 0 Å². The van der Waals surface area contributed by atoms with E-state index in [1.54, 1.807) is 0 Å². The molecule has 2 aliphatic carbocycles. The molecule has 2 fully saturated rings. The monoisotopic (exact) mass is 349 g/mol. The van der Waals surface area contributed by atoms with E-state index in [2.05, 4.69) is 5.32 Å². The molecule has 1 aromatic carbocycles. The van der Waals surface area contributed by atoms with Gasteiger partial charge in [-0.2, -0.15) is 0 Å². The molecule has 24 heavy (non-hydrogen) atoms. The Bertz CT molecular complexity index is 563. The summed E-state index contributed by atoms with van der Waals surface area (Å²) in [6.45, 7) is 0. The molecule has 0 aliphatic heterocycles. The number of hydrogen-bond acceptors (Lipinski definition) is 2. The van der Waals surface area contributed by atoms with E-state index in [0.29, 0.717) is 17.9 Å². The van der Waals surface area contributed by atoms with Gasteiger partial charge in [0, 0.05) is 11.1 Å². The van der Waals surface area contributed by atoms with Gasteiger partial charge in [-0.3, -0.25) is 4.79 Å². The zero-order valence-corrected chi connectivity index (χ0v) is 15.0. The minimum Gasteiger partial charge on any atom is -0.389 e. The highest BCUT2D eigenvalue weighted by Crippen LogP contribution is 2.41. The second-order valence-corrected chi connectivity index (χ2v) is 7.93. The highest BCUT2D eigenvalue weighted by Gasteiger charge is 2.43. The predicted molar refractivity (Wildman–Crippen MR) is 97.2 cm³/mol. The lowest BCUT2D eigenvalue weighted by Crippen LogP contribution is -2.49. The molecule has 4 heteroatoms. The molecule has 2 N–H and O–H groups in total. The van der Waals surface area contributed by atoms with Crippen LogP contribution in [0.25, 0.3) is 0 Å². The molecule has 3 nitrogen and oxygen atoms in total. The second-order valence-electron chi connectivity index (χ2n) is 7.50. The maximum atomic E-state index is 13.1. The van der Waals surface area contributed by atoms with E-state index in [4.69, 9.17) is 11.6 Å². The molecule has 3 rings (SSSR count). The summed E-state index contributed by atoms with van der Waals surface area (Å²) in [4.78, 5) is 13.1. The van der Waals surface area contributed by atoms with Gasteiger partial charge in [0.05, 0.1) is 11.5 Å². The summed E-state index contributed by atoms with van der Waals surface area (Å²) >= 11 is 6.16. The fraction of sp³-hybridized carbons (Fsp3) is 0.650. The van der Waals surface area contributed by atoms with Crippen molar-refractivity contribution in [1.82, 2.24) is 5.32 Å². The van der Waals surface area contributed by atoms with Gasteiger partial charge in [0.15, 0.2) is 0 Å². The molecule has 0 spiro atoms. The Morgan fingerprint density at radius 3 is 2.46 bits per heavy atom. The summed E-state index contributed by atoms with van der Waals surface area (Å²) in [7, 11) is 0. The van der Waals surface area contributed by atoms with Gasteiger partial charge >= 0.3 is 0 Å². The van der Waals surface area contributed by atoms with Crippen molar-refractivity contribution in [2.24, 2.45) is 0 Å². The molecule has 2 saturated carbocycles. The third-order valence-corrected chi connectivity index (χ3v) is 5.89. The van der Waals surface area contributed by atoms with Gasteiger partial charge < -0.3 is 10.4 Å². The van der Waals surface area contributed by atoms with Crippen LogP contribution in [0.2, 0.25) is 5.02 Å². The maximum Gasteiger partial charge on any atom is 0.230 e. The first-order chi connectivity index (χ1) is 11.6. The van der Waals surface area contributed by atoms with Crippen molar-refractivity contribution in [1.29, 1.82) is 0 Å². The van der Waals surface area contributed by atoms with Gasteiger partial charge in [-0.15, -0.1) is 0 Å². The molecule has 132 valence electrons. The van der Waals surface area contributed by atoms with Crippen LogP contribution in [0.15, 0.2) is 24.3 Å². The van der Waals surface area contributed by atoms with Gasteiger partial charge in [0.1, 0.15) is 0 Å². The smallest absolute Gasteiger partial charge is 0.230 e. The predicted octanol–water partition coefficient (Wildman–Crippen LogP) is 4.57. The Hall–Kier alpha value is -1.06. The normalized spacial score (nSPS) is 22.8. The van der Waals surface area contributed by atoms with E-state index in [9.17, 15) is 9.90 Å². The lowest BCUT2D eigenvalue weighted by molar-refractivity contribution is -0.132. The Morgan fingerprint density at radius 2 is 1.79 bits per heavy atom. The number of amides is 1. The fourth-order valence-corrected chi connectivity index (χ4v) is 4.57. The first-order valence-corrected chi connectivity index (χ1v) is 9.74. The SMILES string of the molecule is O=C(NC1CCCCC1)C(c1cccc(Cl)c1)C1(O)CCCCC1. The summed E-state index contributed by atoms with van der Waals surface area (Å²) in [5, 5.41) is 15.1. The van der Waals surface area contributed by atoms with Crippen LogP contribution in [0.4, 0.5) is 0 Å². The zero-order valence-electron chi connectivity index (χ0n) is 14.3. The average molecular weight is 350 g/mol. The highest BCUT2D eigenvalue weighted by molar-refractivity contribution is 6.30. The van der Waals surface area contributed by atoms with Crippen molar-refractivity contribution in [2.75, 3.05) is 0 Å². The van der Waals surface area contributed by atoms with Crippen LogP contribution >= 0.6 is 11.6 Å². The molecule has 0 bridgehead atoms. The number of hydrogen-bond donors (Lipinski definition) is 2. The van der Waals surface area contributed by atoms with Crippen LogP contribution in [-0.2, 0) is 4.79 Å². The summed E-state index contributed by atoms with van der Waals surface area (Å²) in [5.74, 6) is -0.563. The molecule has 1 unspecified atom stereocenters. The van der Waals surface area contributed by atoms with Crippen molar-refractivity contribution < 1.29 is 9.90 Å². The number of carbonyl (C=O) groups is 1. The molecule has 0 radical (unpaired) electrons. The number of benzene rings is 1. The number of carbonyl (C=O) groups excluding carboxylic acids is 1. The van der Waals surface area contributed by atoms with Crippen molar-refractivity contribution in [2.45, 2.75) is 81.8 Å². The third-order valence-electron chi connectivity index (χ3n) is 5.65. The van der Waals surface area contributed by atoms with Gasteiger partial charge in [0.25, 0.3) is 0 Å². The van der Waals surface area contributed by atoms with Crippen LogP contribution in [-0.4, -0.2) is 22.7 Å². The van der Waals surface area contributed by atoms with Crippen LogP contribution in [0.3, 0.4) is 0 Å².